The van der Waals surface area contributed by atoms with Crippen LogP contribution < -0.4 is 4.90 Å². The van der Waals surface area contributed by atoms with Gasteiger partial charge < -0.3 is 19.1 Å². The number of piperidine rings is 1. The highest BCUT2D eigenvalue weighted by Gasteiger charge is 2.27. The lowest BCUT2D eigenvalue weighted by Gasteiger charge is -2.30. The summed E-state index contributed by atoms with van der Waals surface area (Å²) in [7, 11) is 4.00. The van der Waals surface area contributed by atoms with Crippen molar-refractivity contribution in [3.8, 4) is 0 Å². The predicted molar refractivity (Wildman–Crippen MR) is 92.3 cm³/mol. The first-order valence-electron chi connectivity index (χ1n) is 8.87. The zero-order valence-corrected chi connectivity index (χ0v) is 15.2. The van der Waals surface area contributed by atoms with Crippen molar-refractivity contribution in [1.29, 1.82) is 0 Å². The molecule has 2 aromatic heterocycles. The van der Waals surface area contributed by atoms with Crippen LogP contribution in [0.3, 0.4) is 0 Å². The standard InChI is InChI=1S/C16H27N7O2/c1-4-14-17-16(20-25-14)23-7-5-12(6-8-23)15-19-18-13(22(15)3)11-21(2)9-10-24/h12,24H,4-11H2,1-3H3. The lowest BCUT2D eigenvalue weighted by molar-refractivity contribution is 0.213. The molecule has 3 rings (SSSR count). The average molecular weight is 349 g/mol. The van der Waals surface area contributed by atoms with Crippen molar-refractivity contribution in [2.75, 3.05) is 38.2 Å². The van der Waals surface area contributed by atoms with E-state index in [2.05, 4.69) is 29.8 Å². The highest BCUT2D eigenvalue weighted by molar-refractivity contribution is 5.29. The van der Waals surface area contributed by atoms with E-state index in [1.54, 1.807) is 0 Å². The van der Waals surface area contributed by atoms with E-state index < -0.39 is 0 Å². The maximum Gasteiger partial charge on any atom is 0.266 e. The van der Waals surface area contributed by atoms with Gasteiger partial charge in [0.15, 0.2) is 0 Å². The summed E-state index contributed by atoms with van der Waals surface area (Å²) >= 11 is 0. The fourth-order valence-corrected chi connectivity index (χ4v) is 3.22. The van der Waals surface area contributed by atoms with Gasteiger partial charge in [0, 0.05) is 39.0 Å². The number of aromatic nitrogens is 5. The Morgan fingerprint density at radius 1 is 1.28 bits per heavy atom. The Morgan fingerprint density at radius 3 is 2.68 bits per heavy atom. The quantitative estimate of drug-likeness (QED) is 0.775. The topological polar surface area (TPSA) is 96.3 Å². The number of hydrogen-bond acceptors (Lipinski definition) is 8. The molecule has 0 spiro atoms. The second-order valence-electron chi connectivity index (χ2n) is 6.60. The lowest BCUT2D eigenvalue weighted by atomic mass is 9.96. The molecule has 0 atom stereocenters. The first-order valence-corrected chi connectivity index (χ1v) is 8.87. The van der Waals surface area contributed by atoms with E-state index in [1.807, 2.05) is 25.9 Å². The van der Waals surface area contributed by atoms with Gasteiger partial charge in [0.25, 0.3) is 5.95 Å². The molecule has 1 saturated heterocycles. The van der Waals surface area contributed by atoms with Crippen LogP contribution in [-0.2, 0) is 20.0 Å². The Kier molecular flexibility index (Phi) is 5.64. The minimum absolute atomic E-state index is 0.148. The van der Waals surface area contributed by atoms with Gasteiger partial charge in [0.05, 0.1) is 13.2 Å². The van der Waals surface area contributed by atoms with Crippen LogP contribution in [0.25, 0.3) is 0 Å². The molecule has 0 saturated carbocycles. The summed E-state index contributed by atoms with van der Waals surface area (Å²) in [5, 5.41) is 21.8. The summed E-state index contributed by atoms with van der Waals surface area (Å²) < 4.78 is 7.30. The number of aliphatic hydroxyl groups excluding tert-OH is 1. The number of nitrogens with zero attached hydrogens (tertiary/aromatic N) is 7. The molecule has 3 heterocycles. The van der Waals surface area contributed by atoms with Gasteiger partial charge in [-0.25, -0.2) is 0 Å². The molecule has 0 radical (unpaired) electrons. The predicted octanol–water partition coefficient (Wildman–Crippen LogP) is 0.569. The summed E-state index contributed by atoms with van der Waals surface area (Å²) in [6, 6.07) is 0. The van der Waals surface area contributed by atoms with Crippen LogP contribution in [-0.4, -0.2) is 68.2 Å². The van der Waals surface area contributed by atoms with Gasteiger partial charge in [-0.05, 0) is 25.0 Å². The zero-order chi connectivity index (χ0) is 17.8. The number of hydrogen-bond donors (Lipinski definition) is 1. The van der Waals surface area contributed by atoms with Gasteiger partial charge in [0.2, 0.25) is 5.89 Å². The summed E-state index contributed by atoms with van der Waals surface area (Å²) in [6.07, 6.45) is 2.75. The zero-order valence-electron chi connectivity index (χ0n) is 15.2. The maximum atomic E-state index is 9.02. The molecule has 1 fully saturated rings. The van der Waals surface area contributed by atoms with Crippen LogP contribution >= 0.6 is 0 Å². The smallest absolute Gasteiger partial charge is 0.266 e. The average Bonchev–Trinajstić information content (AvgIpc) is 3.23. The SMILES string of the molecule is CCc1nc(N2CCC(c3nnc(CN(C)CCO)n3C)CC2)no1. The molecule has 9 nitrogen and oxygen atoms in total. The van der Waals surface area contributed by atoms with Crippen molar-refractivity contribution in [2.45, 2.75) is 38.6 Å². The number of likely N-dealkylation sites (N-methyl/N-ethyl adjacent to an activating group) is 1. The molecule has 0 bridgehead atoms. The fraction of sp³-hybridized carbons (Fsp3) is 0.750. The van der Waals surface area contributed by atoms with Crippen LogP contribution in [0, 0.1) is 0 Å². The summed E-state index contributed by atoms with van der Waals surface area (Å²) in [4.78, 5) is 8.62. The third-order valence-electron chi connectivity index (χ3n) is 4.79. The van der Waals surface area contributed by atoms with Gasteiger partial charge in [-0.1, -0.05) is 6.92 Å². The fourth-order valence-electron chi connectivity index (χ4n) is 3.22. The highest BCUT2D eigenvalue weighted by atomic mass is 16.5. The van der Waals surface area contributed by atoms with E-state index in [-0.39, 0.29) is 6.61 Å². The largest absolute Gasteiger partial charge is 0.395 e. The number of aliphatic hydroxyl groups is 1. The van der Waals surface area contributed by atoms with Crippen molar-refractivity contribution in [2.24, 2.45) is 7.05 Å². The second-order valence-corrected chi connectivity index (χ2v) is 6.60. The second kappa shape index (κ2) is 7.92. The van der Waals surface area contributed by atoms with Gasteiger partial charge >= 0.3 is 0 Å². The van der Waals surface area contributed by atoms with E-state index in [0.29, 0.717) is 30.8 Å². The molecule has 138 valence electrons. The Bertz CT molecular complexity index is 676. The van der Waals surface area contributed by atoms with Crippen molar-refractivity contribution < 1.29 is 9.63 Å². The Balaban J connectivity index is 1.60. The third-order valence-corrected chi connectivity index (χ3v) is 4.79. The first-order chi connectivity index (χ1) is 12.1. The lowest BCUT2D eigenvalue weighted by Crippen LogP contribution is -2.34. The van der Waals surface area contributed by atoms with E-state index >= 15 is 0 Å². The van der Waals surface area contributed by atoms with Crippen LogP contribution in [0.15, 0.2) is 4.52 Å². The minimum atomic E-state index is 0.148. The molecular formula is C16H27N7O2. The molecule has 25 heavy (non-hydrogen) atoms. The minimum Gasteiger partial charge on any atom is -0.395 e. The molecule has 0 unspecified atom stereocenters. The highest BCUT2D eigenvalue weighted by Crippen LogP contribution is 2.28. The molecule has 0 amide bonds. The molecule has 1 N–H and O–H groups in total. The monoisotopic (exact) mass is 349 g/mol. The van der Waals surface area contributed by atoms with Crippen LogP contribution in [0.4, 0.5) is 5.95 Å². The van der Waals surface area contributed by atoms with E-state index in [4.69, 9.17) is 9.63 Å². The molecule has 1 aliphatic rings. The van der Waals surface area contributed by atoms with Crippen LogP contribution in [0.1, 0.15) is 43.2 Å². The van der Waals surface area contributed by atoms with Gasteiger partial charge in [0.1, 0.15) is 11.6 Å². The van der Waals surface area contributed by atoms with Gasteiger partial charge in [-0.15, -0.1) is 10.2 Å². The third kappa shape index (κ3) is 3.98. The summed E-state index contributed by atoms with van der Waals surface area (Å²) in [5.41, 5.74) is 0. The van der Waals surface area contributed by atoms with Crippen molar-refractivity contribution in [3.05, 3.63) is 17.5 Å². The Hall–Kier alpha value is -2.00. The number of aryl methyl sites for hydroxylation is 1. The Morgan fingerprint density at radius 2 is 2.04 bits per heavy atom. The number of rotatable bonds is 7. The van der Waals surface area contributed by atoms with E-state index in [9.17, 15) is 0 Å². The summed E-state index contributed by atoms with van der Waals surface area (Å²) in [6.45, 7) is 5.25. The van der Waals surface area contributed by atoms with Crippen LogP contribution in [0.2, 0.25) is 0 Å². The maximum absolute atomic E-state index is 9.02. The van der Waals surface area contributed by atoms with Crippen molar-refractivity contribution >= 4 is 5.95 Å². The number of anilines is 1. The van der Waals surface area contributed by atoms with Crippen LogP contribution in [0.5, 0.6) is 0 Å². The van der Waals surface area contributed by atoms with Gasteiger partial charge in [-0.3, -0.25) is 4.90 Å². The molecule has 1 aliphatic heterocycles. The van der Waals surface area contributed by atoms with E-state index in [0.717, 1.165) is 44.0 Å². The van der Waals surface area contributed by atoms with Crippen molar-refractivity contribution in [1.82, 2.24) is 29.8 Å². The Labute approximate surface area is 147 Å². The molecule has 0 aliphatic carbocycles. The molecular weight excluding hydrogens is 322 g/mol. The van der Waals surface area contributed by atoms with Crippen molar-refractivity contribution in [3.63, 3.8) is 0 Å². The molecule has 0 aromatic carbocycles. The van der Waals surface area contributed by atoms with Gasteiger partial charge in [-0.2, -0.15) is 4.98 Å². The first kappa shape index (κ1) is 17.8. The van der Waals surface area contributed by atoms with E-state index in [1.165, 1.54) is 0 Å². The molecule has 2 aromatic rings. The molecule has 9 heteroatoms. The summed E-state index contributed by atoms with van der Waals surface area (Å²) in [5.74, 6) is 3.73. The normalized spacial score (nSPS) is 16.1.